The number of nitrogens with zero attached hydrogens (tertiary/aromatic N) is 2. The van der Waals surface area contributed by atoms with E-state index in [2.05, 4.69) is 11.5 Å². The van der Waals surface area contributed by atoms with Crippen molar-refractivity contribution in [1.29, 1.82) is 0 Å². The lowest BCUT2D eigenvalue weighted by molar-refractivity contribution is -0.719. The summed E-state index contributed by atoms with van der Waals surface area (Å²) in [6.45, 7) is 5.76. The molecule has 0 N–H and O–H groups in total. The molecule has 1 atom stereocenters. The molecule has 0 aromatic carbocycles. The van der Waals surface area contributed by atoms with Crippen LogP contribution in [0.5, 0.6) is 0 Å². The van der Waals surface area contributed by atoms with E-state index in [1.165, 1.54) is 0 Å². The summed E-state index contributed by atoms with van der Waals surface area (Å²) in [5, 5.41) is 10.9. The summed E-state index contributed by atoms with van der Waals surface area (Å²) in [4.78, 5) is 10.9. The van der Waals surface area contributed by atoms with E-state index in [0.29, 0.717) is 0 Å². The van der Waals surface area contributed by atoms with Gasteiger partial charge in [0.2, 0.25) is 0 Å². The predicted octanol–water partition coefficient (Wildman–Crippen LogP) is 0.275. The lowest BCUT2D eigenvalue weighted by Crippen LogP contribution is -2.49. The van der Waals surface area contributed by atoms with E-state index in [4.69, 9.17) is 0 Å². The van der Waals surface area contributed by atoms with Gasteiger partial charge in [-0.3, -0.25) is 0 Å². The molecule has 1 unspecified atom stereocenters. The number of carboxylic acid groups (broad SMARTS) is 1. The molecule has 16 heavy (non-hydrogen) atoms. The highest BCUT2D eigenvalue weighted by atomic mass is 16.4. The zero-order valence-electron chi connectivity index (χ0n) is 10.5. The molecule has 0 aliphatic heterocycles. The fourth-order valence-electron chi connectivity index (χ4n) is 1.82. The molecule has 0 fully saturated rings. The third-order valence-corrected chi connectivity index (χ3v) is 3.05. The third-order valence-electron chi connectivity index (χ3n) is 3.05. The van der Waals surface area contributed by atoms with E-state index in [-0.39, 0.29) is 0 Å². The number of hydrogen-bond donors (Lipinski definition) is 0. The Morgan fingerprint density at radius 2 is 2.25 bits per heavy atom. The molecule has 0 spiro atoms. The summed E-state index contributed by atoms with van der Waals surface area (Å²) in [5.74, 6) is 0.0180. The van der Waals surface area contributed by atoms with Gasteiger partial charge in [-0.1, -0.05) is 13.3 Å². The van der Waals surface area contributed by atoms with Gasteiger partial charge < -0.3 is 9.90 Å². The monoisotopic (exact) mass is 224 g/mol. The fourth-order valence-corrected chi connectivity index (χ4v) is 1.82. The van der Waals surface area contributed by atoms with Crippen molar-refractivity contribution in [1.82, 2.24) is 4.57 Å². The second-order valence-corrected chi connectivity index (χ2v) is 4.25. The molecule has 0 amide bonds. The number of carbonyl (C=O) groups is 1. The van der Waals surface area contributed by atoms with Crippen LogP contribution in [0.4, 0.5) is 0 Å². The maximum Gasteiger partial charge on any atom is 0.256 e. The van der Waals surface area contributed by atoms with Crippen LogP contribution in [0.2, 0.25) is 0 Å². The standard InChI is InChI=1S/C12H20N2O2/c1-5-6-7-11-13(4)9(2)8-14(11)10(3)12(15)16/h8,10H,5-7H2,1-4H3. The number of imidazole rings is 1. The smallest absolute Gasteiger partial charge is 0.256 e. The average molecular weight is 224 g/mol. The molecule has 4 nitrogen and oxygen atoms in total. The molecule has 4 heteroatoms. The molecule has 0 aliphatic rings. The van der Waals surface area contributed by atoms with Gasteiger partial charge in [0.1, 0.15) is 17.9 Å². The third kappa shape index (κ3) is 2.43. The molecule has 0 radical (unpaired) electrons. The normalized spacial score (nSPS) is 12.8. The molecule has 1 rings (SSSR count). The molecule has 1 aromatic rings. The van der Waals surface area contributed by atoms with E-state index >= 15 is 0 Å². The summed E-state index contributed by atoms with van der Waals surface area (Å²) < 4.78 is 3.86. The van der Waals surface area contributed by atoms with Crippen molar-refractivity contribution in [2.24, 2.45) is 7.05 Å². The number of unbranched alkanes of at least 4 members (excludes halogenated alkanes) is 1. The van der Waals surface area contributed by atoms with Crippen LogP contribution in [0, 0.1) is 6.92 Å². The Kier molecular flexibility index (Phi) is 4.10. The number of aryl methyl sites for hydroxylation is 1. The Hall–Kier alpha value is -1.32. The van der Waals surface area contributed by atoms with Crippen molar-refractivity contribution in [3.05, 3.63) is 17.7 Å². The first-order chi connectivity index (χ1) is 7.49. The van der Waals surface area contributed by atoms with Crippen LogP contribution in [-0.2, 0) is 18.3 Å². The lowest BCUT2D eigenvalue weighted by Gasteiger charge is -2.11. The minimum absolute atomic E-state index is 0.605. The van der Waals surface area contributed by atoms with Gasteiger partial charge in [0.25, 0.3) is 5.82 Å². The van der Waals surface area contributed by atoms with Crippen LogP contribution in [0.3, 0.4) is 0 Å². The zero-order chi connectivity index (χ0) is 12.3. The van der Waals surface area contributed by atoms with E-state index < -0.39 is 12.0 Å². The Morgan fingerprint density at radius 1 is 1.62 bits per heavy atom. The molecule has 0 bridgehead atoms. The predicted molar refractivity (Wildman–Crippen MR) is 58.7 cm³/mol. The summed E-state index contributed by atoms with van der Waals surface area (Å²) in [6, 6.07) is -0.605. The second-order valence-electron chi connectivity index (χ2n) is 4.25. The van der Waals surface area contributed by atoms with Crippen molar-refractivity contribution < 1.29 is 14.5 Å². The first-order valence-electron chi connectivity index (χ1n) is 5.76. The molecule has 0 saturated carbocycles. The first-order valence-corrected chi connectivity index (χ1v) is 5.76. The summed E-state index contributed by atoms with van der Waals surface area (Å²) >= 11 is 0. The van der Waals surface area contributed by atoms with Gasteiger partial charge in [0, 0.05) is 13.3 Å². The molecule has 1 heterocycles. The van der Waals surface area contributed by atoms with Gasteiger partial charge in [0.15, 0.2) is 0 Å². The molecule has 0 saturated heterocycles. The zero-order valence-corrected chi connectivity index (χ0v) is 10.5. The SMILES string of the molecule is CCCCc1n(C)c(C)c[n+]1C(C)C(=O)[O-]. The second kappa shape index (κ2) is 5.14. The average Bonchev–Trinajstić information content (AvgIpc) is 2.52. The topological polar surface area (TPSA) is 48.9 Å². The number of aromatic nitrogens is 2. The van der Waals surface area contributed by atoms with Gasteiger partial charge >= 0.3 is 0 Å². The minimum Gasteiger partial charge on any atom is -0.546 e. The molecule has 1 aromatic heterocycles. The van der Waals surface area contributed by atoms with Crippen LogP contribution in [-0.4, -0.2) is 10.5 Å². The number of aliphatic carboxylic acids is 1. The lowest BCUT2D eigenvalue weighted by atomic mass is 10.2. The van der Waals surface area contributed by atoms with Gasteiger partial charge in [0.05, 0.1) is 13.0 Å². The van der Waals surface area contributed by atoms with Gasteiger partial charge in [-0.05, 0) is 13.3 Å². The van der Waals surface area contributed by atoms with Crippen LogP contribution in [0.15, 0.2) is 6.20 Å². The number of carbonyl (C=O) groups excluding carboxylic acids is 1. The summed E-state index contributed by atoms with van der Waals surface area (Å²) in [5.41, 5.74) is 1.07. The first kappa shape index (κ1) is 12.7. The minimum atomic E-state index is -1.03. The van der Waals surface area contributed by atoms with Gasteiger partial charge in [-0.2, -0.15) is 0 Å². The largest absolute Gasteiger partial charge is 0.546 e. The quantitative estimate of drug-likeness (QED) is 0.674. The van der Waals surface area contributed by atoms with Crippen LogP contribution < -0.4 is 9.67 Å². The van der Waals surface area contributed by atoms with E-state index in [1.54, 1.807) is 11.5 Å². The maximum atomic E-state index is 10.9. The van der Waals surface area contributed by atoms with Gasteiger partial charge in [-0.25, -0.2) is 9.13 Å². The number of rotatable bonds is 5. The number of hydrogen-bond acceptors (Lipinski definition) is 2. The highest BCUT2D eigenvalue weighted by Gasteiger charge is 2.22. The van der Waals surface area contributed by atoms with Crippen LogP contribution in [0.1, 0.15) is 44.2 Å². The molecular formula is C12H20N2O2. The summed E-state index contributed by atoms with van der Waals surface area (Å²) in [7, 11) is 1.97. The van der Waals surface area contributed by atoms with Crippen molar-refractivity contribution in [2.45, 2.75) is 46.1 Å². The molecule has 0 aliphatic carbocycles. The van der Waals surface area contributed by atoms with E-state index in [9.17, 15) is 9.90 Å². The Balaban J connectivity index is 3.07. The maximum absolute atomic E-state index is 10.9. The van der Waals surface area contributed by atoms with Crippen molar-refractivity contribution >= 4 is 5.97 Å². The van der Waals surface area contributed by atoms with Crippen molar-refractivity contribution in [3.8, 4) is 0 Å². The Bertz CT molecular complexity index is 383. The number of carboxylic acids is 1. The fraction of sp³-hybridized carbons (Fsp3) is 0.667. The highest BCUT2D eigenvalue weighted by Crippen LogP contribution is 2.07. The van der Waals surface area contributed by atoms with E-state index in [0.717, 1.165) is 30.8 Å². The Morgan fingerprint density at radius 3 is 2.75 bits per heavy atom. The highest BCUT2D eigenvalue weighted by molar-refractivity contribution is 5.66. The van der Waals surface area contributed by atoms with E-state index in [1.807, 2.05) is 20.2 Å². The van der Waals surface area contributed by atoms with Crippen molar-refractivity contribution in [3.63, 3.8) is 0 Å². The molecular weight excluding hydrogens is 204 g/mol. The molecule has 90 valence electrons. The summed E-state index contributed by atoms with van der Waals surface area (Å²) in [6.07, 6.45) is 4.95. The van der Waals surface area contributed by atoms with Crippen LogP contribution >= 0.6 is 0 Å². The van der Waals surface area contributed by atoms with Gasteiger partial charge in [-0.15, -0.1) is 0 Å². The Labute approximate surface area is 96.5 Å². The van der Waals surface area contributed by atoms with Crippen LogP contribution in [0.25, 0.3) is 0 Å². The van der Waals surface area contributed by atoms with Crippen molar-refractivity contribution in [2.75, 3.05) is 0 Å².